The molecule has 0 aliphatic rings. The molecular formula is C18H18ClNO4. The van der Waals surface area contributed by atoms with Crippen LogP contribution in [0.3, 0.4) is 0 Å². The Balaban J connectivity index is 1.77. The summed E-state index contributed by atoms with van der Waals surface area (Å²) in [4.78, 5) is 21.9. The van der Waals surface area contributed by atoms with Gasteiger partial charge in [-0.15, -0.1) is 0 Å². The molecule has 0 saturated carbocycles. The SMILES string of the molecule is O=C(O)CCC(=O)NCc1ccc(OCc2ccc(Cl)cc2)cc1. The first kappa shape index (κ1) is 17.8. The molecule has 2 aromatic carbocycles. The molecule has 0 spiro atoms. The van der Waals surface area contributed by atoms with Crippen molar-refractivity contribution in [2.45, 2.75) is 26.0 Å². The predicted molar refractivity (Wildman–Crippen MR) is 90.9 cm³/mol. The standard InChI is InChI=1S/C18H18ClNO4/c19-15-5-1-14(2-6-15)12-24-16-7-3-13(4-8-16)11-20-17(21)9-10-18(22)23/h1-8H,9-12H2,(H,20,21)(H,22,23). The number of nitrogens with one attached hydrogen (secondary N) is 1. The fourth-order valence-corrected chi connectivity index (χ4v) is 2.09. The van der Waals surface area contributed by atoms with Gasteiger partial charge in [0.2, 0.25) is 5.91 Å². The lowest BCUT2D eigenvalue weighted by Crippen LogP contribution is -2.23. The van der Waals surface area contributed by atoms with E-state index < -0.39 is 5.97 Å². The van der Waals surface area contributed by atoms with Gasteiger partial charge in [-0.1, -0.05) is 35.9 Å². The third-order valence-electron chi connectivity index (χ3n) is 3.30. The number of hydrogen-bond donors (Lipinski definition) is 2. The lowest BCUT2D eigenvalue weighted by molar-refractivity contribution is -0.138. The van der Waals surface area contributed by atoms with E-state index in [-0.39, 0.29) is 18.7 Å². The number of benzene rings is 2. The molecule has 0 aliphatic heterocycles. The van der Waals surface area contributed by atoms with Crippen LogP contribution < -0.4 is 10.1 Å². The quantitative estimate of drug-likeness (QED) is 0.767. The number of carbonyl (C=O) groups excluding carboxylic acids is 1. The molecule has 0 fully saturated rings. The molecule has 24 heavy (non-hydrogen) atoms. The molecule has 2 N–H and O–H groups in total. The van der Waals surface area contributed by atoms with Crippen LogP contribution in [0.5, 0.6) is 5.75 Å². The van der Waals surface area contributed by atoms with Crippen LogP contribution in [0, 0.1) is 0 Å². The first-order chi connectivity index (χ1) is 11.5. The van der Waals surface area contributed by atoms with Crippen molar-refractivity contribution in [3.63, 3.8) is 0 Å². The zero-order chi connectivity index (χ0) is 17.4. The van der Waals surface area contributed by atoms with E-state index >= 15 is 0 Å². The minimum absolute atomic E-state index is 0.0162. The fourth-order valence-electron chi connectivity index (χ4n) is 1.96. The summed E-state index contributed by atoms with van der Waals surface area (Å²) in [5.74, 6) is -0.529. The van der Waals surface area contributed by atoms with E-state index in [1.54, 1.807) is 0 Å². The van der Waals surface area contributed by atoms with Crippen LogP contribution in [0.2, 0.25) is 5.02 Å². The Kier molecular flexibility index (Phi) is 6.63. The van der Waals surface area contributed by atoms with E-state index in [1.165, 1.54) is 0 Å². The Morgan fingerprint density at radius 2 is 1.58 bits per heavy atom. The normalized spacial score (nSPS) is 10.2. The maximum Gasteiger partial charge on any atom is 0.303 e. The molecule has 0 aliphatic carbocycles. The van der Waals surface area contributed by atoms with Crippen molar-refractivity contribution in [2.75, 3.05) is 0 Å². The number of carboxylic acids is 1. The van der Waals surface area contributed by atoms with Crippen molar-refractivity contribution in [1.82, 2.24) is 5.32 Å². The van der Waals surface area contributed by atoms with Crippen LogP contribution >= 0.6 is 11.6 Å². The van der Waals surface area contributed by atoms with Crippen LogP contribution in [-0.2, 0) is 22.7 Å². The third kappa shape index (κ3) is 6.30. The number of hydrogen-bond acceptors (Lipinski definition) is 3. The van der Waals surface area contributed by atoms with Gasteiger partial charge in [0.1, 0.15) is 12.4 Å². The van der Waals surface area contributed by atoms with E-state index in [1.807, 2.05) is 48.5 Å². The van der Waals surface area contributed by atoms with E-state index in [0.717, 1.165) is 16.9 Å². The molecule has 0 radical (unpaired) electrons. The summed E-state index contributed by atoms with van der Waals surface area (Å²) in [6.07, 6.45) is -0.180. The molecule has 0 aromatic heterocycles. The van der Waals surface area contributed by atoms with Gasteiger partial charge >= 0.3 is 5.97 Å². The highest BCUT2D eigenvalue weighted by Crippen LogP contribution is 2.15. The van der Waals surface area contributed by atoms with E-state index in [2.05, 4.69) is 5.32 Å². The third-order valence-corrected chi connectivity index (χ3v) is 3.55. The van der Waals surface area contributed by atoms with E-state index in [0.29, 0.717) is 18.2 Å². The first-order valence-electron chi connectivity index (χ1n) is 7.47. The van der Waals surface area contributed by atoms with Gasteiger partial charge in [-0.05, 0) is 35.4 Å². The molecule has 2 rings (SSSR count). The minimum Gasteiger partial charge on any atom is -0.489 e. The monoisotopic (exact) mass is 347 g/mol. The lowest BCUT2D eigenvalue weighted by atomic mass is 10.2. The smallest absolute Gasteiger partial charge is 0.303 e. The van der Waals surface area contributed by atoms with Crippen molar-refractivity contribution in [1.29, 1.82) is 0 Å². The summed E-state index contributed by atoms with van der Waals surface area (Å²) < 4.78 is 5.68. The maximum atomic E-state index is 11.5. The van der Waals surface area contributed by atoms with Gasteiger partial charge in [-0.2, -0.15) is 0 Å². The number of halogens is 1. The molecule has 2 aromatic rings. The second-order valence-corrected chi connectivity index (χ2v) is 5.67. The summed E-state index contributed by atoms with van der Waals surface area (Å²) in [5.41, 5.74) is 1.94. The Morgan fingerprint density at radius 1 is 0.958 bits per heavy atom. The molecule has 0 bridgehead atoms. The Hall–Kier alpha value is -2.53. The number of carboxylic acid groups (broad SMARTS) is 1. The molecule has 1 amide bonds. The molecule has 0 saturated heterocycles. The molecule has 126 valence electrons. The summed E-state index contributed by atoms with van der Waals surface area (Å²) >= 11 is 5.83. The van der Waals surface area contributed by atoms with Gasteiger partial charge in [0.05, 0.1) is 6.42 Å². The van der Waals surface area contributed by atoms with Gasteiger partial charge in [0.15, 0.2) is 0 Å². The predicted octanol–water partition coefficient (Wildman–Crippen LogP) is 3.40. The van der Waals surface area contributed by atoms with Gasteiger partial charge in [-0.3, -0.25) is 9.59 Å². The summed E-state index contributed by atoms with van der Waals surface area (Å²) in [7, 11) is 0. The van der Waals surface area contributed by atoms with Gasteiger partial charge in [-0.25, -0.2) is 0 Å². The Morgan fingerprint density at radius 3 is 2.21 bits per heavy atom. The Bertz CT molecular complexity index is 683. The molecule has 6 heteroatoms. The molecular weight excluding hydrogens is 330 g/mol. The number of amides is 1. The number of rotatable bonds is 8. The fraction of sp³-hybridized carbons (Fsp3) is 0.222. The van der Waals surface area contributed by atoms with Crippen LogP contribution in [0.15, 0.2) is 48.5 Å². The number of ether oxygens (including phenoxy) is 1. The second kappa shape index (κ2) is 8.93. The van der Waals surface area contributed by atoms with Crippen molar-refractivity contribution < 1.29 is 19.4 Å². The second-order valence-electron chi connectivity index (χ2n) is 5.23. The topological polar surface area (TPSA) is 75.6 Å². The summed E-state index contributed by atoms with van der Waals surface area (Å²) in [6, 6.07) is 14.8. The van der Waals surface area contributed by atoms with Crippen LogP contribution in [0.25, 0.3) is 0 Å². The van der Waals surface area contributed by atoms with Crippen molar-refractivity contribution in [3.8, 4) is 5.75 Å². The van der Waals surface area contributed by atoms with Crippen molar-refractivity contribution >= 4 is 23.5 Å². The minimum atomic E-state index is -0.979. The van der Waals surface area contributed by atoms with E-state index in [9.17, 15) is 9.59 Å². The lowest BCUT2D eigenvalue weighted by Gasteiger charge is -2.08. The van der Waals surface area contributed by atoms with Gasteiger partial charge in [0, 0.05) is 18.0 Å². The number of aliphatic carboxylic acids is 1. The molecule has 5 nitrogen and oxygen atoms in total. The molecule has 0 unspecified atom stereocenters. The highest BCUT2D eigenvalue weighted by Gasteiger charge is 2.05. The highest BCUT2D eigenvalue weighted by molar-refractivity contribution is 6.30. The van der Waals surface area contributed by atoms with Gasteiger partial charge in [0.25, 0.3) is 0 Å². The average Bonchev–Trinajstić information content (AvgIpc) is 2.58. The summed E-state index contributed by atoms with van der Waals surface area (Å²) in [6.45, 7) is 0.804. The first-order valence-corrected chi connectivity index (χ1v) is 7.85. The maximum absolute atomic E-state index is 11.5. The van der Waals surface area contributed by atoms with Gasteiger partial charge < -0.3 is 15.2 Å². The number of carbonyl (C=O) groups is 2. The average molecular weight is 348 g/mol. The van der Waals surface area contributed by atoms with Crippen LogP contribution in [0.4, 0.5) is 0 Å². The highest BCUT2D eigenvalue weighted by atomic mass is 35.5. The Labute approximate surface area is 145 Å². The summed E-state index contributed by atoms with van der Waals surface area (Å²) in [5, 5.41) is 11.9. The molecule has 0 heterocycles. The zero-order valence-electron chi connectivity index (χ0n) is 13.0. The van der Waals surface area contributed by atoms with Crippen LogP contribution in [0.1, 0.15) is 24.0 Å². The largest absolute Gasteiger partial charge is 0.489 e. The molecule has 0 atom stereocenters. The van der Waals surface area contributed by atoms with Crippen LogP contribution in [-0.4, -0.2) is 17.0 Å². The van der Waals surface area contributed by atoms with Crippen molar-refractivity contribution in [3.05, 3.63) is 64.7 Å². The zero-order valence-corrected chi connectivity index (χ0v) is 13.8. The van der Waals surface area contributed by atoms with Crippen molar-refractivity contribution in [2.24, 2.45) is 0 Å². The van der Waals surface area contributed by atoms with E-state index in [4.69, 9.17) is 21.4 Å².